The van der Waals surface area contributed by atoms with Crippen molar-refractivity contribution in [2.75, 3.05) is 6.54 Å². The minimum atomic E-state index is 0.328. The third kappa shape index (κ3) is 1.33. The summed E-state index contributed by atoms with van der Waals surface area (Å²) in [6.45, 7) is 0.775. The van der Waals surface area contributed by atoms with Crippen LogP contribution in [-0.4, -0.2) is 6.54 Å². The van der Waals surface area contributed by atoms with Crippen molar-refractivity contribution in [3.05, 3.63) is 0 Å². The minimum absolute atomic E-state index is 0.328. The van der Waals surface area contributed by atoms with Gasteiger partial charge in [0.1, 0.15) is 0 Å². The van der Waals surface area contributed by atoms with Gasteiger partial charge in [0.25, 0.3) is 0 Å². The summed E-state index contributed by atoms with van der Waals surface area (Å²) in [4.78, 5) is 0. The Balaban J connectivity index is 2.51. The molecular formula is C9H15N. The van der Waals surface area contributed by atoms with Crippen LogP contribution in [0.25, 0.3) is 0 Å². The molecule has 1 rings (SSSR count). The van der Waals surface area contributed by atoms with Crippen LogP contribution >= 0.6 is 0 Å². The number of hydrogen-bond acceptors (Lipinski definition) is 1. The van der Waals surface area contributed by atoms with Gasteiger partial charge >= 0.3 is 0 Å². The zero-order valence-electron chi connectivity index (χ0n) is 6.40. The fourth-order valence-electron chi connectivity index (χ4n) is 1.79. The fourth-order valence-corrected chi connectivity index (χ4v) is 1.79. The van der Waals surface area contributed by atoms with E-state index in [1.807, 2.05) is 0 Å². The van der Waals surface area contributed by atoms with Gasteiger partial charge in [-0.25, -0.2) is 0 Å². The molecule has 0 bridgehead atoms. The molecule has 0 saturated heterocycles. The Kier molecular flexibility index (Phi) is 2.34. The summed E-state index contributed by atoms with van der Waals surface area (Å²) in [5.41, 5.74) is 5.99. The van der Waals surface area contributed by atoms with Crippen LogP contribution in [0.5, 0.6) is 0 Å². The molecule has 10 heavy (non-hydrogen) atoms. The van der Waals surface area contributed by atoms with E-state index in [1.54, 1.807) is 0 Å². The number of hydrogen-bond donors (Lipinski definition) is 1. The van der Waals surface area contributed by atoms with Gasteiger partial charge in [0.15, 0.2) is 0 Å². The number of nitrogens with two attached hydrogens (primary N) is 1. The molecule has 1 saturated carbocycles. The van der Waals surface area contributed by atoms with E-state index in [0.29, 0.717) is 5.41 Å². The van der Waals surface area contributed by atoms with E-state index in [0.717, 1.165) is 13.0 Å². The molecule has 0 aliphatic heterocycles. The van der Waals surface area contributed by atoms with E-state index in [4.69, 9.17) is 12.2 Å². The number of rotatable bonds is 2. The maximum atomic E-state index is 5.66. The van der Waals surface area contributed by atoms with Crippen molar-refractivity contribution < 1.29 is 0 Å². The molecule has 0 aromatic heterocycles. The standard InChI is InChI=1S/C9H15N/c1-2-5-9(8-10)6-3-4-7-9/h1H,3-8,10H2. The van der Waals surface area contributed by atoms with Gasteiger partial charge in [0, 0.05) is 6.42 Å². The molecule has 1 aliphatic rings. The minimum Gasteiger partial charge on any atom is -0.330 e. The Morgan fingerprint density at radius 1 is 1.40 bits per heavy atom. The van der Waals surface area contributed by atoms with Gasteiger partial charge in [0.05, 0.1) is 0 Å². The molecule has 1 aliphatic carbocycles. The van der Waals surface area contributed by atoms with Crippen LogP contribution in [0.4, 0.5) is 0 Å². The second kappa shape index (κ2) is 3.07. The highest BCUT2D eigenvalue weighted by atomic mass is 14.6. The predicted molar refractivity (Wildman–Crippen MR) is 43.4 cm³/mol. The lowest BCUT2D eigenvalue weighted by atomic mass is 9.83. The number of terminal acetylenes is 1. The molecule has 0 aromatic rings. The highest BCUT2D eigenvalue weighted by Crippen LogP contribution is 2.39. The van der Waals surface area contributed by atoms with Crippen molar-refractivity contribution in [3.8, 4) is 12.3 Å². The van der Waals surface area contributed by atoms with Gasteiger partial charge in [-0.05, 0) is 24.8 Å². The van der Waals surface area contributed by atoms with Gasteiger partial charge in [0.2, 0.25) is 0 Å². The zero-order valence-corrected chi connectivity index (χ0v) is 6.40. The maximum absolute atomic E-state index is 5.66. The van der Waals surface area contributed by atoms with Gasteiger partial charge in [-0.1, -0.05) is 12.8 Å². The first-order valence-corrected chi connectivity index (χ1v) is 3.96. The molecule has 0 heterocycles. The lowest BCUT2D eigenvalue weighted by Gasteiger charge is -2.23. The molecule has 56 valence electrons. The fraction of sp³-hybridized carbons (Fsp3) is 0.778. The van der Waals surface area contributed by atoms with Crippen LogP contribution in [0.1, 0.15) is 32.1 Å². The quantitative estimate of drug-likeness (QED) is 0.574. The van der Waals surface area contributed by atoms with Crippen LogP contribution in [0.3, 0.4) is 0 Å². The van der Waals surface area contributed by atoms with Crippen LogP contribution in [0, 0.1) is 17.8 Å². The average Bonchev–Trinajstić information content (AvgIpc) is 2.39. The van der Waals surface area contributed by atoms with Crippen LogP contribution < -0.4 is 5.73 Å². The van der Waals surface area contributed by atoms with Gasteiger partial charge in [-0.2, -0.15) is 0 Å². The Hall–Kier alpha value is -0.480. The molecule has 0 atom stereocenters. The molecule has 0 unspecified atom stereocenters. The van der Waals surface area contributed by atoms with Crippen molar-refractivity contribution in [1.82, 2.24) is 0 Å². The third-order valence-electron chi connectivity index (χ3n) is 2.57. The summed E-state index contributed by atoms with van der Waals surface area (Å²) >= 11 is 0. The van der Waals surface area contributed by atoms with Gasteiger partial charge in [-0.3, -0.25) is 0 Å². The molecule has 1 heteroatoms. The summed E-state index contributed by atoms with van der Waals surface area (Å²) in [5.74, 6) is 2.72. The Labute approximate surface area is 63.0 Å². The van der Waals surface area contributed by atoms with Crippen molar-refractivity contribution >= 4 is 0 Å². The SMILES string of the molecule is C#CCC1(CN)CCCC1. The van der Waals surface area contributed by atoms with Crippen molar-refractivity contribution in [1.29, 1.82) is 0 Å². The summed E-state index contributed by atoms with van der Waals surface area (Å²) in [6, 6.07) is 0. The second-order valence-electron chi connectivity index (χ2n) is 3.29. The Bertz CT molecular complexity index is 137. The first-order valence-electron chi connectivity index (χ1n) is 3.96. The Morgan fingerprint density at radius 2 is 2.00 bits per heavy atom. The Morgan fingerprint density at radius 3 is 2.40 bits per heavy atom. The molecule has 0 radical (unpaired) electrons. The normalized spacial score (nSPS) is 22.4. The summed E-state index contributed by atoms with van der Waals surface area (Å²) in [7, 11) is 0. The summed E-state index contributed by atoms with van der Waals surface area (Å²) in [5, 5.41) is 0. The second-order valence-corrected chi connectivity index (χ2v) is 3.29. The zero-order chi connectivity index (χ0) is 7.45. The topological polar surface area (TPSA) is 26.0 Å². The molecule has 0 aromatic carbocycles. The van der Waals surface area contributed by atoms with E-state index in [9.17, 15) is 0 Å². The highest BCUT2D eigenvalue weighted by Gasteiger charge is 2.31. The molecule has 2 N–H and O–H groups in total. The van der Waals surface area contributed by atoms with E-state index >= 15 is 0 Å². The van der Waals surface area contributed by atoms with E-state index in [-0.39, 0.29) is 0 Å². The molecule has 0 spiro atoms. The molecular weight excluding hydrogens is 122 g/mol. The van der Waals surface area contributed by atoms with Gasteiger partial charge < -0.3 is 5.73 Å². The molecule has 1 fully saturated rings. The first-order chi connectivity index (χ1) is 4.83. The van der Waals surface area contributed by atoms with Crippen molar-refractivity contribution in [2.24, 2.45) is 11.1 Å². The van der Waals surface area contributed by atoms with Gasteiger partial charge in [-0.15, -0.1) is 12.3 Å². The van der Waals surface area contributed by atoms with E-state index in [2.05, 4.69) is 5.92 Å². The van der Waals surface area contributed by atoms with Crippen LogP contribution in [0.2, 0.25) is 0 Å². The lowest BCUT2D eigenvalue weighted by Crippen LogP contribution is -2.26. The largest absolute Gasteiger partial charge is 0.330 e. The first kappa shape index (κ1) is 7.63. The average molecular weight is 137 g/mol. The summed E-state index contributed by atoms with van der Waals surface area (Å²) in [6.07, 6.45) is 11.3. The van der Waals surface area contributed by atoms with E-state index in [1.165, 1.54) is 25.7 Å². The highest BCUT2D eigenvalue weighted by molar-refractivity contribution is 4.97. The van der Waals surface area contributed by atoms with E-state index < -0.39 is 0 Å². The monoisotopic (exact) mass is 137 g/mol. The van der Waals surface area contributed by atoms with Crippen LogP contribution in [0.15, 0.2) is 0 Å². The van der Waals surface area contributed by atoms with Crippen LogP contribution in [-0.2, 0) is 0 Å². The smallest absolute Gasteiger partial charge is 0.0155 e. The molecule has 0 amide bonds. The van der Waals surface area contributed by atoms with Crippen molar-refractivity contribution in [3.63, 3.8) is 0 Å². The lowest BCUT2D eigenvalue weighted by molar-refractivity contribution is 0.319. The third-order valence-corrected chi connectivity index (χ3v) is 2.57. The summed E-state index contributed by atoms with van der Waals surface area (Å²) < 4.78 is 0. The maximum Gasteiger partial charge on any atom is 0.0155 e. The van der Waals surface area contributed by atoms with Crippen molar-refractivity contribution in [2.45, 2.75) is 32.1 Å². The predicted octanol–water partition coefficient (Wildman–Crippen LogP) is 1.53. The molecule has 1 nitrogen and oxygen atoms in total.